The molecule has 1 aromatic carbocycles. The summed E-state index contributed by atoms with van der Waals surface area (Å²) >= 11 is 1.63. The standard InChI is InChI=1S/C15H18N2OS/c1-2-18-13-6-4-3-5-11(13)10-7-8-12-14(9-10)19-15(16)17-12/h3-6,10H,2,7-9H2,1H3,(H2,16,17). The molecule has 3 nitrogen and oxygen atoms in total. The molecule has 1 aliphatic carbocycles. The average Bonchev–Trinajstić information content (AvgIpc) is 2.79. The Morgan fingerprint density at radius 2 is 2.26 bits per heavy atom. The number of nitrogen functional groups attached to an aromatic ring is 1. The Bertz CT molecular complexity index is 579. The molecule has 0 spiro atoms. The van der Waals surface area contributed by atoms with Gasteiger partial charge in [0.1, 0.15) is 5.75 Å². The predicted octanol–water partition coefficient (Wildman–Crippen LogP) is 3.40. The van der Waals surface area contributed by atoms with E-state index in [2.05, 4.69) is 23.2 Å². The Labute approximate surface area is 117 Å². The molecule has 100 valence electrons. The number of hydrogen-bond acceptors (Lipinski definition) is 4. The van der Waals surface area contributed by atoms with E-state index in [9.17, 15) is 0 Å². The number of nitrogens with two attached hydrogens (primary N) is 1. The summed E-state index contributed by atoms with van der Waals surface area (Å²) in [6.07, 6.45) is 3.18. The quantitative estimate of drug-likeness (QED) is 0.933. The molecule has 0 aliphatic heterocycles. The maximum absolute atomic E-state index is 5.80. The van der Waals surface area contributed by atoms with Crippen molar-refractivity contribution < 1.29 is 4.74 Å². The van der Waals surface area contributed by atoms with E-state index in [4.69, 9.17) is 10.5 Å². The van der Waals surface area contributed by atoms with E-state index in [1.54, 1.807) is 11.3 Å². The topological polar surface area (TPSA) is 48.1 Å². The van der Waals surface area contributed by atoms with Gasteiger partial charge in [0, 0.05) is 4.88 Å². The van der Waals surface area contributed by atoms with Gasteiger partial charge in [-0.1, -0.05) is 18.2 Å². The van der Waals surface area contributed by atoms with E-state index in [0.717, 1.165) is 25.0 Å². The van der Waals surface area contributed by atoms with Crippen LogP contribution in [0.5, 0.6) is 5.75 Å². The number of para-hydroxylation sites is 1. The lowest BCUT2D eigenvalue weighted by Crippen LogP contribution is -2.12. The van der Waals surface area contributed by atoms with E-state index < -0.39 is 0 Å². The molecule has 1 aromatic heterocycles. The third-order valence-electron chi connectivity index (χ3n) is 3.61. The van der Waals surface area contributed by atoms with Crippen LogP contribution < -0.4 is 10.5 Å². The van der Waals surface area contributed by atoms with Crippen LogP contribution in [0.3, 0.4) is 0 Å². The summed E-state index contributed by atoms with van der Waals surface area (Å²) < 4.78 is 5.75. The molecule has 19 heavy (non-hydrogen) atoms. The first-order chi connectivity index (χ1) is 9.28. The molecule has 0 radical (unpaired) electrons. The molecule has 1 atom stereocenters. The lowest BCUT2D eigenvalue weighted by Gasteiger charge is -2.23. The van der Waals surface area contributed by atoms with Gasteiger partial charge in [-0.25, -0.2) is 4.98 Å². The molecule has 4 heteroatoms. The lowest BCUT2D eigenvalue weighted by molar-refractivity contribution is 0.332. The minimum Gasteiger partial charge on any atom is -0.494 e. The van der Waals surface area contributed by atoms with E-state index in [0.29, 0.717) is 17.7 Å². The van der Waals surface area contributed by atoms with Crippen molar-refractivity contribution in [2.45, 2.75) is 32.1 Å². The van der Waals surface area contributed by atoms with Crippen LogP contribution in [-0.4, -0.2) is 11.6 Å². The number of aromatic nitrogens is 1. The van der Waals surface area contributed by atoms with Crippen molar-refractivity contribution >= 4 is 16.5 Å². The molecule has 0 saturated carbocycles. The maximum Gasteiger partial charge on any atom is 0.180 e. The van der Waals surface area contributed by atoms with Crippen molar-refractivity contribution in [2.75, 3.05) is 12.3 Å². The maximum atomic E-state index is 5.80. The summed E-state index contributed by atoms with van der Waals surface area (Å²) in [6, 6.07) is 8.38. The molecule has 0 amide bonds. The number of ether oxygens (including phenoxy) is 1. The molecule has 0 bridgehead atoms. The predicted molar refractivity (Wildman–Crippen MR) is 78.9 cm³/mol. The molecule has 1 aliphatic rings. The summed E-state index contributed by atoms with van der Waals surface area (Å²) in [5.41, 5.74) is 8.33. The fraction of sp³-hybridized carbons (Fsp3) is 0.400. The Morgan fingerprint density at radius 1 is 1.42 bits per heavy atom. The Balaban J connectivity index is 1.88. The molecule has 1 heterocycles. The SMILES string of the molecule is CCOc1ccccc1C1CCc2nc(N)sc2C1. The highest BCUT2D eigenvalue weighted by Gasteiger charge is 2.25. The smallest absolute Gasteiger partial charge is 0.180 e. The highest BCUT2D eigenvalue weighted by molar-refractivity contribution is 7.15. The third-order valence-corrected chi connectivity index (χ3v) is 4.56. The van der Waals surface area contributed by atoms with Crippen molar-refractivity contribution in [1.29, 1.82) is 0 Å². The summed E-state index contributed by atoms with van der Waals surface area (Å²) in [7, 11) is 0. The Morgan fingerprint density at radius 3 is 3.11 bits per heavy atom. The fourth-order valence-electron chi connectivity index (χ4n) is 2.77. The first-order valence-electron chi connectivity index (χ1n) is 6.73. The van der Waals surface area contributed by atoms with E-state index in [-0.39, 0.29) is 0 Å². The van der Waals surface area contributed by atoms with Gasteiger partial charge in [-0.2, -0.15) is 0 Å². The average molecular weight is 274 g/mol. The number of benzene rings is 1. The minimum atomic E-state index is 0.523. The van der Waals surface area contributed by atoms with Crippen molar-refractivity contribution in [3.8, 4) is 5.75 Å². The molecular weight excluding hydrogens is 256 g/mol. The third kappa shape index (κ3) is 2.45. The van der Waals surface area contributed by atoms with Crippen LogP contribution >= 0.6 is 11.3 Å². The number of hydrogen-bond donors (Lipinski definition) is 1. The van der Waals surface area contributed by atoms with Gasteiger partial charge in [0.15, 0.2) is 5.13 Å². The van der Waals surface area contributed by atoms with Crippen LogP contribution in [0.15, 0.2) is 24.3 Å². The molecule has 2 N–H and O–H groups in total. The first-order valence-corrected chi connectivity index (χ1v) is 7.55. The minimum absolute atomic E-state index is 0.523. The second-order valence-electron chi connectivity index (χ2n) is 4.83. The Kier molecular flexibility index (Phi) is 3.42. The van der Waals surface area contributed by atoms with Gasteiger partial charge in [0.05, 0.1) is 12.3 Å². The molecule has 0 fully saturated rings. The molecular formula is C15H18N2OS. The summed E-state index contributed by atoms with van der Waals surface area (Å²) in [5, 5.41) is 0.698. The molecule has 2 aromatic rings. The zero-order valence-corrected chi connectivity index (χ0v) is 11.9. The number of nitrogens with zero attached hydrogens (tertiary/aromatic N) is 1. The number of rotatable bonds is 3. The number of aryl methyl sites for hydroxylation is 1. The van der Waals surface area contributed by atoms with E-state index in [1.165, 1.54) is 16.1 Å². The second kappa shape index (κ2) is 5.21. The summed E-state index contributed by atoms with van der Waals surface area (Å²) in [6.45, 7) is 2.74. The van der Waals surface area contributed by atoms with Crippen LogP contribution in [-0.2, 0) is 12.8 Å². The van der Waals surface area contributed by atoms with Crippen LogP contribution in [0.1, 0.15) is 35.4 Å². The fourth-order valence-corrected chi connectivity index (χ4v) is 3.72. The largest absolute Gasteiger partial charge is 0.494 e. The highest BCUT2D eigenvalue weighted by Crippen LogP contribution is 2.39. The lowest BCUT2D eigenvalue weighted by atomic mass is 9.85. The summed E-state index contributed by atoms with van der Waals surface area (Å²) in [4.78, 5) is 5.75. The zero-order valence-electron chi connectivity index (χ0n) is 11.1. The monoisotopic (exact) mass is 274 g/mol. The number of fused-ring (bicyclic) bond motifs is 1. The van der Waals surface area contributed by atoms with E-state index in [1.807, 2.05) is 13.0 Å². The van der Waals surface area contributed by atoms with Crippen LogP contribution in [0, 0.1) is 0 Å². The van der Waals surface area contributed by atoms with Gasteiger partial charge in [-0.15, -0.1) is 11.3 Å². The van der Waals surface area contributed by atoms with Gasteiger partial charge in [-0.3, -0.25) is 0 Å². The summed E-state index contributed by atoms with van der Waals surface area (Å²) in [5.74, 6) is 1.55. The van der Waals surface area contributed by atoms with Gasteiger partial charge >= 0.3 is 0 Å². The molecule has 1 unspecified atom stereocenters. The van der Waals surface area contributed by atoms with Crippen molar-refractivity contribution in [3.05, 3.63) is 40.4 Å². The number of thiazole rings is 1. The van der Waals surface area contributed by atoms with Crippen molar-refractivity contribution in [3.63, 3.8) is 0 Å². The normalized spacial score (nSPS) is 18.1. The van der Waals surface area contributed by atoms with Crippen LogP contribution in [0.2, 0.25) is 0 Å². The zero-order chi connectivity index (χ0) is 13.2. The molecule has 3 rings (SSSR count). The van der Waals surface area contributed by atoms with Crippen molar-refractivity contribution in [2.24, 2.45) is 0 Å². The van der Waals surface area contributed by atoms with Crippen LogP contribution in [0.25, 0.3) is 0 Å². The number of anilines is 1. The highest BCUT2D eigenvalue weighted by atomic mass is 32.1. The van der Waals surface area contributed by atoms with Crippen LogP contribution in [0.4, 0.5) is 5.13 Å². The van der Waals surface area contributed by atoms with Crippen molar-refractivity contribution in [1.82, 2.24) is 4.98 Å². The van der Waals surface area contributed by atoms with Gasteiger partial charge in [0.25, 0.3) is 0 Å². The van der Waals surface area contributed by atoms with Gasteiger partial charge in [-0.05, 0) is 43.7 Å². The molecule has 0 saturated heterocycles. The Hall–Kier alpha value is -1.55. The van der Waals surface area contributed by atoms with Gasteiger partial charge < -0.3 is 10.5 Å². The van der Waals surface area contributed by atoms with E-state index >= 15 is 0 Å². The first kappa shape index (κ1) is 12.5. The van der Waals surface area contributed by atoms with Gasteiger partial charge in [0.2, 0.25) is 0 Å². The second-order valence-corrected chi connectivity index (χ2v) is 5.95.